The highest BCUT2D eigenvalue weighted by atomic mass is 16.6. The number of aliphatic hydroxyl groups is 3. The molecule has 0 bridgehead atoms. The zero-order valence-electron chi connectivity index (χ0n) is 33.9. The second-order valence-corrected chi connectivity index (χ2v) is 14.3. The van der Waals surface area contributed by atoms with Crippen LogP contribution >= 0.6 is 0 Å². The van der Waals surface area contributed by atoms with Crippen molar-refractivity contribution < 1.29 is 34.4 Å². The number of aliphatic hydroxyl groups excluding tert-OH is 3. The molecule has 0 radical (unpaired) electrons. The number of rotatable bonds is 36. The van der Waals surface area contributed by atoms with Gasteiger partial charge in [0.1, 0.15) is 6.61 Å². The molecule has 7 heteroatoms. The third kappa shape index (κ3) is 37.4. The summed E-state index contributed by atoms with van der Waals surface area (Å²) in [7, 11) is 0. The standard InChI is InChI=1S/C46H78O7/c1-4-6-25-33-42(48)34-27-21-17-15-18-22-28-35-43(49)36-29-24-31-38-46(51)53-44(39-47)40-52-45(50)37-30-23-19-14-12-10-8-7-9-11-13-16-20-26-32-41(3)5-2/h6,17-18,21-22,25,27-29,34-36,41-44,47-49H,4-5,7-16,19-20,23-24,26,30-33,37-40H2,1-3H3/b21-17-,22-18-,25-6-,34-27+,35-28+,36-29-/t41?,42-,43-,44-/m0/s1. The van der Waals surface area contributed by atoms with Crippen LogP contribution in [-0.2, 0) is 19.1 Å². The van der Waals surface area contributed by atoms with Crippen LogP contribution in [0.4, 0.5) is 0 Å². The number of carbonyl (C=O) groups is 2. The minimum Gasteiger partial charge on any atom is -0.462 e. The Bertz CT molecular complexity index is 1020. The van der Waals surface area contributed by atoms with Crippen molar-refractivity contribution in [3.8, 4) is 0 Å². The van der Waals surface area contributed by atoms with E-state index >= 15 is 0 Å². The highest BCUT2D eigenvalue weighted by molar-refractivity contribution is 5.70. The monoisotopic (exact) mass is 743 g/mol. The van der Waals surface area contributed by atoms with E-state index in [0.29, 0.717) is 25.7 Å². The van der Waals surface area contributed by atoms with Crippen molar-refractivity contribution in [1.29, 1.82) is 0 Å². The summed E-state index contributed by atoms with van der Waals surface area (Å²) in [5.41, 5.74) is 0. The largest absolute Gasteiger partial charge is 0.462 e. The van der Waals surface area contributed by atoms with Gasteiger partial charge in [-0.3, -0.25) is 9.59 Å². The molecule has 1 unspecified atom stereocenters. The van der Waals surface area contributed by atoms with Crippen molar-refractivity contribution in [1.82, 2.24) is 0 Å². The van der Waals surface area contributed by atoms with E-state index in [0.717, 1.165) is 38.0 Å². The van der Waals surface area contributed by atoms with E-state index in [4.69, 9.17) is 9.47 Å². The molecule has 3 N–H and O–H groups in total. The molecular formula is C46H78O7. The van der Waals surface area contributed by atoms with Gasteiger partial charge in [-0.1, -0.05) is 190 Å². The second-order valence-electron chi connectivity index (χ2n) is 14.3. The number of hydrogen-bond acceptors (Lipinski definition) is 7. The maximum absolute atomic E-state index is 12.2. The average molecular weight is 743 g/mol. The lowest BCUT2D eigenvalue weighted by Crippen LogP contribution is -2.28. The molecule has 0 aromatic carbocycles. The van der Waals surface area contributed by atoms with Crippen LogP contribution in [0.2, 0.25) is 0 Å². The van der Waals surface area contributed by atoms with Crippen molar-refractivity contribution >= 4 is 11.9 Å². The maximum atomic E-state index is 12.2. The molecule has 0 fully saturated rings. The molecule has 0 aromatic heterocycles. The molecule has 0 aromatic rings. The Hall–Kier alpha value is -2.74. The van der Waals surface area contributed by atoms with Crippen LogP contribution in [0.1, 0.15) is 168 Å². The van der Waals surface area contributed by atoms with Crippen LogP contribution in [0.3, 0.4) is 0 Å². The van der Waals surface area contributed by atoms with Gasteiger partial charge in [0.05, 0.1) is 18.8 Å². The van der Waals surface area contributed by atoms with Gasteiger partial charge in [-0.05, 0) is 44.4 Å². The molecule has 0 aliphatic rings. The third-order valence-corrected chi connectivity index (χ3v) is 9.23. The van der Waals surface area contributed by atoms with Gasteiger partial charge in [0, 0.05) is 12.8 Å². The Morgan fingerprint density at radius 3 is 1.77 bits per heavy atom. The van der Waals surface area contributed by atoms with E-state index in [1.165, 1.54) is 83.5 Å². The Balaban J connectivity index is 3.81. The first-order chi connectivity index (χ1) is 25.8. The van der Waals surface area contributed by atoms with Gasteiger partial charge in [-0.2, -0.15) is 0 Å². The lowest BCUT2D eigenvalue weighted by atomic mass is 9.99. The fourth-order valence-corrected chi connectivity index (χ4v) is 5.62. The van der Waals surface area contributed by atoms with Crippen molar-refractivity contribution in [2.24, 2.45) is 5.92 Å². The normalized spacial score (nSPS) is 14.8. The first-order valence-electron chi connectivity index (χ1n) is 21.1. The van der Waals surface area contributed by atoms with E-state index in [2.05, 4.69) is 20.8 Å². The van der Waals surface area contributed by atoms with Gasteiger partial charge < -0.3 is 24.8 Å². The molecule has 53 heavy (non-hydrogen) atoms. The SMILES string of the molecule is CC/C=C\C[C@H](O)/C=C/C=C\C/C=C\C=C\[C@H](O)/C=C\CCCC(=O)O[C@@H](CO)COC(=O)CCCCCCCCCCCCCCCCC(C)CC. The number of unbranched alkanes of at least 4 members (excludes halogenated alkanes) is 14. The molecule has 4 atom stereocenters. The van der Waals surface area contributed by atoms with E-state index in [1.54, 1.807) is 24.3 Å². The summed E-state index contributed by atoms with van der Waals surface area (Å²) >= 11 is 0. The third-order valence-electron chi connectivity index (χ3n) is 9.23. The van der Waals surface area contributed by atoms with E-state index < -0.39 is 30.9 Å². The average Bonchev–Trinajstić information content (AvgIpc) is 3.15. The van der Waals surface area contributed by atoms with Crippen LogP contribution in [0.5, 0.6) is 0 Å². The highest BCUT2D eigenvalue weighted by Gasteiger charge is 2.16. The number of hydrogen-bond donors (Lipinski definition) is 3. The second kappa shape index (κ2) is 39.0. The summed E-state index contributed by atoms with van der Waals surface area (Å²) in [4.78, 5) is 24.3. The van der Waals surface area contributed by atoms with E-state index in [-0.39, 0.29) is 19.0 Å². The van der Waals surface area contributed by atoms with Crippen molar-refractivity contribution in [3.05, 3.63) is 72.9 Å². The fourth-order valence-electron chi connectivity index (χ4n) is 5.62. The van der Waals surface area contributed by atoms with Crippen molar-refractivity contribution in [3.63, 3.8) is 0 Å². The topological polar surface area (TPSA) is 113 Å². The molecule has 304 valence electrons. The molecule has 0 heterocycles. The van der Waals surface area contributed by atoms with Crippen LogP contribution < -0.4 is 0 Å². The van der Waals surface area contributed by atoms with Crippen molar-refractivity contribution in [2.45, 2.75) is 187 Å². The van der Waals surface area contributed by atoms with E-state index in [9.17, 15) is 24.9 Å². The first-order valence-corrected chi connectivity index (χ1v) is 21.1. The molecule has 7 nitrogen and oxygen atoms in total. The zero-order chi connectivity index (χ0) is 39.0. The van der Waals surface area contributed by atoms with Crippen molar-refractivity contribution in [2.75, 3.05) is 13.2 Å². The molecule has 0 spiro atoms. The smallest absolute Gasteiger partial charge is 0.306 e. The van der Waals surface area contributed by atoms with E-state index in [1.807, 2.05) is 48.6 Å². The van der Waals surface area contributed by atoms with Crippen LogP contribution in [-0.4, -0.2) is 58.8 Å². The molecule has 0 saturated carbocycles. The summed E-state index contributed by atoms with van der Waals surface area (Å²) in [5.74, 6) is 0.114. The Kier molecular flexibility index (Phi) is 37.0. The molecule has 0 aliphatic carbocycles. The number of esters is 2. The molecule has 0 rings (SSSR count). The summed E-state index contributed by atoms with van der Waals surface area (Å²) in [6, 6.07) is 0. The lowest BCUT2D eigenvalue weighted by Gasteiger charge is -2.15. The minimum absolute atomic E-state index is 0.138. The fraction of sp³-hybridized carbons (Fsp3) is 0.696. The quantitative estimate of drug-likeness (QED) is 0.0253. The maximum Gasteiger partial charge on any atom is 0.306 e. The Morgan fingerprint density at radius 1 is 0.623 bits per heavy atom. The first kappa shape index (κ1) is 50.3. The van der Waals surface area contributed by atoms with Gasteiger partial charge in [0.25, 0.3) is 0 Å². The van der Waals surface area contributed by atoms with Crippen LogP contribution in [0.15, 0.2) is 72.9 Å². The number of allylic oxidation sites excluding steroid dienone is 8. The predicted octanol–water partition coefficient (Wildman–Crippen LogP) is 11.1. The molecule has 0 amide bonds. The lowest BCUT2D eigenvalue weighted by molar-refractivity contribution is -0.161. The number of ether oxygens (including phenoxy) is 2. The highest BCUT2D eigenvalue weighted by Crippen LogP contribution is 2.16. The minimum atomic E-state index is -0.862. The van der Waals surface area contributed by atoms with Crippen LogP contribution in [0.25, 0.3) is 0 Å². The predicted molar refractivity (Wildman–Crippen MR) is 221 cm³/mol. The summed E-state index contributed by atoms with van der Waals surface area (Å²) in [6.45, 7) is 6.17. The zero-order valence-corrected chi connectivity index (χ0v) is 33.9. The number of carbonyl (C=O) groups excluding carboxylic acids is 2. The molecule has 0 aliphatic heterocycles. The molecular weight excluding hydrogens is 664 g/mol. The summed E-state index contributed by atoms with van der Waals surface area (Å²) in [5, 5.41) is 29.4. The van der Waals surface area contributed by atoms with Gasteiger partial charge in [0.2, 0.25) is 0 Å². The Morgan fingerprint density at radius 2 is 1.19 bits per heavy atom. The van der Waals surface area contributed by atoms with Gasteiger partial charge in [-0.25, -0.2) is 0 Å². The Labute approximate surface area is 324 Å². The van der Waals surface area contributed by atoms with Gasteiger partial charge in [-0.15, -0.1) is 0 Å². The summed E-state index contributed by atoms with van der Waals surface area (Å²) in [6.07, 6.45) is 44.6. The summed E-state index contributed by atoms with van der Waals surface area (Å²) < 4.78 is 10.5. The van der Waals surface area contributed by atoms with Crippen LogP contribution in [0, 0.1) is 5.92 Å². The van der Waals surface area contributed by atoms with Gasteiger partial charge >= 0.3 is 11.9 Å². The van der Waals surface area contributed by atoms with Gasteiger partial charge in [0.15, 0.2) is 6.10 Å². The molecule has 0 saturated heterocycles.